The standard InChI is InChI=1S/C34H25N3O5/c1-20-13-15-22(16-14-20)30(38)28-29(31(39)23-8-6-9-24(19-23)37(41)42)36-18-17-21-7-2-3-10-25(21)32(36)34(28)26-11-4-5-12-27(26)35-33(34)40/h2-19,28-29,32H,1H3,(H,35,40)/t28-,29-,32-,34-/m1/s1. The van der Waals surface area contributed by atoms with E-state index in [1.807, 2.05) is 72.5 Å². The second-order valence-corrected chi connectivity index (χ2v) is 11.0. The van der Waals surface area contributed by atoms with E-state index in [4.69, 9.17) is 0 Å². The van der Waals surface area contributed by atoms with Crippen LogP contribution in [0.2, 0.25) is 0 Å². The largest absolute Gasteiger partial charge is 0.358 e. The number of aryl methyl sites for hydroxylation is 1. The monoisotopic (exact) mass is 555 g/mol. The molecule has 0 saturated carbocycles. The zero-order chi connectivity index (χ0) is 29.2. The Hall–Kier alpha value is -5.37. The molecule has 8 heteroatoms. The van der Waals surface area contributed by atoms with E-state index in [-0.39, 0.29) is 22.9 Å². The summed E-state index contributed by atoms with van der Waals surface area (Å²) >= 11 is 0. The molecule has 1 fully saturated rings. The molecule has 42 heavy (non-hydrogen) atoms. The lowest BCUT2D eigenvalue weighted by Gasteiger charge is -2.38. The summed E-state index contributed by atoms with van der Waals surface area (Å²) in [4.78, 5) is 56.6. The molecule has 0 radical (unpaired) electrons. The van der Waals surface area contributed by atoms with Crippen LogP contribution >= 0.6 is 0 Å². The molecule has 8 nitrogen and oxygen atoms in total. The van der Waals surface area contributed by atoms with E-state index in [9.17, 15) is 24.5 Å². The summed E-state index contributed by atoms with van der Waals surface area (Å²) in [6, 6.07) is 25.8. The summed E-state index contributed by atoms with van der Waals surface area (Å²) in [5.74, 6) is -2.31. The van der Waals surface area contributed by atoms with Crippen molar-refractivity contribution in [2.24, 2.45) is 5.92 Å². The number of carbonyl (C=O) groups excluding carboxylic acids is 3. The Kier molecular flexibility index (Phi) is 5.69. The Morgan fingerprint density at radius 2 is 1.62 bits per heavy atom. The first-order chi connectivity index (χ1) is 20.3. The van der Waals surface area contributed by atoms with Gasteiger partial charge < -0.3 is 10.2 Å². The fourth-order valence-electron chi connectivity index (χ4n) is 7.01. The highest BCUT2D eigenvalue weighted by Gasteiger charge is 2.70. The second kappa shape index (κ2) is 9.34. The summed E-state index contributed by atoms with van der Waals surface area (Å²) in [6.07, 6.45) is 3.66. The second-order valence-electron chi connectivity index (χ2n) is 11.0. The molecule has 1 amide bonds. The van der Waals surface area contributed by atoms with Crippen LogP contribution in [0.3, 0.4) is 0 Å². The van der Waals surface area contributed by atoms with Crippen LogP contribution < -0.4 is 5.32 Å². The predicted molar refractivity (Wildman–Crippen MR) is 157 cm³/mol. The maximum atomic E-state index is 14.8. The Labute approximate surface area is 241 Å². The van der Waals surface area contributed by atoms with Crippen LogP contribution in [0.25, 0.3) is 6.08 Å². The summed E-state index contributed by atoms with van der Waals surface area (Å²) in [5.41, 5.74) is 2.73. The number of nitrogens with one attached hydrogen (secondary N) is 1. The minimum Gasteiger partial charge on any atom is -0.358 e. The number of hydrogen-bond acceptors (Lipinski definition) is 6. The number of nitro benzene ring substituents is 1. The van der Waals surface area contributed by atoms with E-state index in [0.29, 0.717) is 16.8 Å². The number of nitrogens with zero attached hydrogens (tertiary/aromatic N) is 2. The maximum absolute atomic E-state index is 14.8. The third-order valence-electron chi connectivity index (χ3n) is 8.80. The molecule has 3 heterocycles. The molecule has 4 atom stereocenters. The number of para-hydroxylation sites is 1. The van der Waals surface area contributed by atoms with Crippen LogP contribution in [0, 0.1) is 23.0 Å². The molecule has 3 aliphatic rings. The van der Waals surface area contributed by atoms with Crippen molar-refractivity contribution in [1.29, 1.82) is 0 Å². The van der Waals surface area contributed by atoms with Crippen LogP contribution in [0.4, 0.5) is 11.4 Å². The number of amides is 1. The molecule has 0 bridgehead atoms. The van der Waals surface area contributed by atoms with Gasteiger partial charge in [-0.1, -0.05) is 84.4 Å². The number of non-ortho nitro benzene ring substituents is 1. The number of rotatable bonds is 5. The van der Waals surface area contributed by atoms with Crippen molar-refractivity contribution in [3.05, 3.63) is 147 Å². The Morgan fingerprint density at radius 1 is 0.881 bits per heavy atom. The SMILES string of the molecule is Cc1ccc(C(=O)[C@H]2[C@H](C(=O)c3cccc([N+](=O)[O-])c3)N3C=Cc4ccccc4[C@@H]3[C@]23C(=O)Nc2ccccc23)cc1. The summed E-state index contributed by atoms with van der Waals surface area (Å²) in [6.45, 7) is 1.92. The minimum absolute atomic E-state index is 0.102. The van der Waals surface area contributed by atoms with Gasteiger partial charge >= 0.3 is 0 Å². The molecule has 0 unspecified atom stereocenters. The lowest BCUT2D eigenvalue weighted by Crippen LogP contribution is -2.49. The highest BCUT2D eigenvalue weighted by molar-refractivity contribution is 6.16. The molecular formula is C34H25N3O5. The van der Waals surface area contributed by atoms with Gasteiger partial charge in [-0.15, -0.1) is 0 Å². The molecule has 4 aromatic carbocycles. The highest BCUT2D eigenvalue weighted by Crippen LogP contribution is 2.62. The Balaban J connectivity index is 1.53. The number of carbonyl (C=O) groups is 3. The summed E-state index contributed by atoms with van der Waals surface area (Å²) in [7, 11) is 0. The van der Waals surface area contributed by atoms with E-state index < -0.39 is 34.1 Å². The number of hydrogen-bond donors (Lipinski definition) is 1. The van der Waals surface area contributed by atoms with Gasteiger partial charge in [0.1, 0.15) is 11.5 Å². The first-order valence-electron chi connectivity index (χ1n) is 13.7. The van der Waals surface area contributed by atoms with Gasteiger partial charge in [0.2, 0.25) is 5.91 Å². The smallest absolute Gasteiger partial charge is 0.270 e. The van der Waals surface area contributed by atoms with Crippen molar-refractivity contribution in [2.45, 2.75) is 24.4 Å². The molecule has 0 aromatic heterocycles. The predicted octanol–water partition coefficient (Wildman–Crippen LogP) is 5.88. The van der Waals surface area contributed by atoms with Crippen LogP contribution in [0.1, 0.15) is 49.0 Å². The van der Waals surface area contributed by atoms with Crippen molar-refractivity contribution >= 4 is 34.9 Å². The van der Waals surface area contributed by atoms with Gasteiger partial charge in [-0.05, 0) is 35.8 Å². The third-order valence-corrected chi connectivity index (χ3v) is 8.80. The topological polar surface area (TPSA) is 110 Å². The van der Waals surface area contributed by atoms with E-state index in [0.717, 1.165) is 16.7 Å². The molecule has 7 rings (SSSR count). The minimum atomic E-state index is -1.46. The molecular weight excluding hydrogens is 530 g/mol. The average Bonchev–Trinajstić information content (AvgIpc) is 3.49. The molecule has 3 aliphatic heterocycles. The number of nitro groups is 1. The van der Waals surface area contributed by atoms with E-state index in [2.05, 4.69) is 5.32 Å². The summed E-state index contributed by atoms with van der Waals surface area (Å²) < 4.78 is 0. The van der Waals surface area contributed by atoms with Gasteiger partial charge in [-0.3, -0.25) is 24.5 Å². The zero-order valence-electron chi connectivity index (χ0n) is 22.6. The fraction of sp³-hybridized carbons (Fsp3) is 0.147. The molecule has 1 N–H and O–H groups in total. The third kappa shape index (κ3) is 3.51. The first kappa shape index (κ1) is 25.6. The van der Waals surface area contributed by atoms with E-state index in [1.165, 1.54) is 24.3 Å². The molecule has 4 aromatic rings. The van der Waals surface area contributed by atoms with Crippen molar-refractivity contribution < 1.29 is 19.3 Å². The number of fused-ring (bicyclic) bond motifs is 6. The quantitative estimate of drug-likeness (QED) is 0.187. The molecule has 0 aliphatic carbocycles. The summed E-state index contributed by atoms with van der Waals surface area (Å²) in [5, 5.41) is 14.6. The van der Waals surface area contributed by atoms with Crippen LogP contribution in [-0.2, 0) is 10.2 Å². The number of Topliss-reactive ketones (excluding diaryl/α,β-unsaturated/α-hetero) is 2. The van der Waals surface area contributed by atoms with Crippen molar-refractivity contribution in [2.75, 3.05) is 5.32 Å². The molecule has 1 saturated heterocycles. The van der Waals surface area contributed by atoms with Crippen LogP contribution in [0.15, 0.2) is 103 Å². The van der Waals surface area contributed by atoms with Crippen molar-refractivity contribution in [3.63, 3.8) is 0 Å². The normalized spacial score (nSPS) is 23.2. The Bertz CT molecular complexity index is 1850. The fourth-order valence-corrected chi connectivity index (χ4v) is 7.01. The van der Waals surface area contributed by atoms with Crippen molar-refractivity contribution in [1.82, 2.24) is 4.90 Å². The number of anilines is 1. The van der Waals surface area contributed by atoms with Gasteiger partial charge in [0.25, 0.3) is 5.69 Å². The van der Waals surface area contributed by atoms with Gasteiger partial charge in [-0.2, -0.15) is 0 Å². The van der Waals surface area contributed by atoms with Gasteiger partial charge in [-0.25, -0.2) is 0 Å². The first-order valence-corrected chi connectivity index (χ1v) is 13.7. The average molecular weight is 556 g/mol. The lowest BCUT2D eigenvalue weighted by molar-refractivity contribution is -0.384. The molecule has 1 spiro atoms. The highest BCUT2D eigenvalue weighted by atomic mass is 16.6. The molecule has 206 valence electrons. The maximum Gasteiger partial charge on any atom is 0.270 e. The van der Waals surface area contributed by atoms with Gasteiger partial charge in [0, 0.05) is 35.1 Å². The van der Waals surface area contributed by atoms with Gasteiger partial charge in [0.15, 0.2) is 11.6 Å². The number of ketones is 2. The van der Waals surface area contributed by atoms with Gasteiger partial charge in [0.05, 0.1) is 16.9 Å². The van der Waals surface area contributed by atoms with Crippen LogP contribution in [-0.4, -0.2) is 33.3 Å². The zero-order valence-corrected chi connectivity index (χ0v) is 22.6. The number of benzene rings is 4. The van der Waals surface area contributed by atoms with Crippen molar-refractivity contribution in [3.8, 4) is 0 Å². The van der Waals surface area contributed by atoms with Crippen LogP contribution in [0.5, 0.6) is 0 Å². The van der Waals surface area contributed by atoms with E-state index >= 15 is 0 Å². The lowest BCUT2D eigenvalue weighted by atomic mass is 9.62. The Morgan fingerprint density at radius 3 is 2.40 bits per heavy atom. The van der Waals surface area contributed by atoms with E-state index in [1.54, 1.807) is 24.4 Å².